The van der Waals surface area contributed by atoms with Crippen LogP contribution < -0.4 is 9.46 Å². The highest BCUT2D eigenvalue weighted by molar-refractivity contribution is 7.92. The van der Waals surface area contributed by atoms with Crippen LogP contribution in [0.5, 0.6) is 5.75 Å². The van der Waals surface area contributed by atoms with Crippen LogP contribution in [-0.4, -0.2) is 27.6 Å². The van der Waals surface area contributed by atoms with Gasteiger partial charge in [0.15, 0.2) is 5.78 Å². The molecule has 23 heavy (non-hydrogen) atoms. The number of nitrogens with one attached hydrogen (secondary N) is 1. The third-order valence-electron chi connectivity index (χ3n) is 2.99. The Kier molecular flexibility index (Phi) is 5.18. The smallest absolute Gasteiger partial charge is 0.229 e. The van der Waals surface area contributed by atoms with Gasteiger partial charge in [0.1, 0.15) is 5.75 Å². The van der Waals surface area contributed by atoms with Crippen LogP contribution in [0.25, 0.3) is 6.08 Å². The molecule has 1 N–H and O–H groups in total. The summed E-state index contributed by atoms with van der Waals surface area (Å²) < 4.78 is 29.7. The molecule has 0 heterocycles. The number of ether oxygens (including phenoxy) is 1. The van der Waals surface area contributed by atoms with E-state index in [1.165, 1.54) is 6.08 Å². The lowest BCUT2D eigenvalue weighted by Crippen LogP contribution is -2.09. The van der Waals surface area contributed by atoms with Crippen molar-refractivity contribution in [2.75, 3.05) is 18.1 Å². The Bertz CT molecular complexity index is 824. The van der Waals surface area contributed by atoms with Crippen LogP contribution in [-0.2, 0) is 10.0 Å². The normalized spacial score (nSPS) is 11.4. The third-order valence-corrected chi connectivity index (χ3v) is 3.60. The maximum atomic E-state index is 12.1. The van der Waals surface area contributed by atoms with Crippen molar-refractivity contribution < 1.29 is 17.9 Å². The number of sulfonamides is 1. The number of hydrogen-bond donors (Lipinski definition) is 1. The highest BCUT2D eigenvalue weighted by Gasteiger charge is 2.04. The Morgan fingerprint density at radius 1 is 1.13 bits per heavy atom. The highest BCUT2D eigenvalue weighted by Crippen LogP contribution is 2.15. The van der Waals surface area contributed by atoms with Gasteiger partial charge in [-0.25, -0.2) is 8.42 Å². The number of carbonyl (C=O) groups excluding carboxylic acids is 1. The number of ketones is 1. The minimum Gasteiger partial charge on any atom is -0.497 e. The maximum Gasteiger partial charge on any atom is 0.229 e. The minimum absolute atomic E-state index is 0.168. The van der Waals surface area contributed by atoms with Crippen LogP contribution in [0.15, 0.2) is 54.6 Å². The zero-order valence-electron chi connectivity index (χ0n) is 12.8. The first kappa shape index (κ1) is 16.8. The lowest BCUT2D eigenvalue weighted by molar-refractivity contribution is 0.104. The second-order valence-corrected chi connectivity index (χ2v) is 6.67. The van der Waals surface area contributed by atoms with E-state index < -0.39 is 10.0 Å². The number of methoxy groups -OCH3 is 1. The molecule has 0 radical (unpaired) electrons. The molecule has 0 bridgehead atoms. The van der Waals surface area contributed by atoms with Gasteiger partial charge < -0.3 is 4.74 Å². The van der Waals surface area contributed by atoms with Crippen molar-refractivity contribution in [2.45, 2.75) is 0 Å². The minimum atomic E-state index is -3.32. The number of hydrogen-bond acceptors (Lipinski definition) is 4. The van der Waals surface area contributed by atoms with Crippen LogP contribution in [0.2, 0.25) is 0 Å². The Hall–Kier alpha value is -2.60. The molecule has 0 saturated carbocycles. The summed E-state index contributed by atoms with van der Waals surface area (Å²) in [7, 11) is -1.74. The molecule has 0 unspecified atom stereocenters. The van der Waals surface area contributed by atoms with Crippen LogP contribution in [0, 0.1) is 0 Å². The summed E-state index contributed by atoms with van der Waals surface area (Å²) in [5.41, 5.74) is 1.75. The first-order valence-electron chi connectivity index (χ1n) is 6.82. The van der Waals surface area contributed by atoms with E-state index in [0.717, 1.165) is 17.6 Å². The van der Waals surface area contributed by atoms with Gasteiger partial charge in [-0.1, -0.05) is 18.2 Å². The Morgan fingerprint density at radius 2 is 1.83 bits per heavy atom. The fraction of sp³-hybridized carbons (Fsp3) is 0.118. The molecular formula is C17H17NO4S. The van der Waals surface area contributed by atoms with Crippen molar-refractivity contribution in [3.05, 3.63) is 65.7 Å². The van der Waals surface area contributed by atoms with E-state index in [4.69, 9.17) is 4.74 Å². The van der Waals surface area contributed by atoms with Crippen molar-refractivity contribution in [2.24, 2.45) is 0 Å². The van der Waals surface area contributed by atoms with Crippen molar-refractivity contribution >= 4 is 27.6 Å². The first-order chi connectivity index (χ1) is 10.9. The Balaban J connectivity index is 2.09. The molecule has 2 rings (SSSR count). The van der Waals surface area contributed by atoms with Gasteiger partial charge in [-0.05, 0) is 48.0 Å². The fourth-order valence-corrected chi connectivity index (χ4v) is 2.49. The molecule has 0 aliphatic rings. The van der Waals surface area contributed by atoms with E-state index in [1.807, 2.05) is 24.3 Å². The Morgan fingerprint density at radius 3 is 2.43 bits per heavy atom. The molecule has 2 aromatic carbocycles. The predicted molar refractivity (Wildman–Crippen MR) is 91.3 cm³/mol. The van der Waals surface area contributed by atoms with E-state index in [0.29, 0.717) is 11.3 Å². The van der Waals surface area contributed by atoms with Crippen LogP contribution >= 0.6 is 0 Å². The molecule has 6 heteroatoms. The molecule has 5 nitrogen and oxygen atoms in total. The lowest BCUT2D eigenvalue weighted by Gasteiger charge is -2.04. The van der Waals surface area contributed by atoms with Crippen molar-refractivity contribution in [3.63, 3.8) is 0 Å². The zero-order valence-corrected chi connectivity index (χ0v) is 13.6. The molecule has 0 fully saturated rings. The Labute approximate surface area is 135 Å². The van der Waals surface area contributed by atoms with Gasteiger partial charge in [-0.3, -0.25) is 9.52 Å². The summed E-state index contributed by atoms with van der Waals surface area (Å²) in [6, 6.07) is 13.6. The van der Waals surface area contributed by atoms with E-state index in [1.54, 1.807) is 37.5 Å². The number of benzene rings is 2. The molecule has 0 saturated heterocycles. The van der Waals surface area contributed by atoms with Gasteiger partial charge in [0.25, 0.3) is 0 Å². The van der Waals surface area contributed by atoms with E-state index in [2.05, 4.69) is 4.72 Å². The molecule has 0 aliphatic carbocycles. The number of allylic oxidation sites excluding steroid dienone is 1. The summed E-state index contributed by atoms with van der Waals surface area (Å²) >= 11 is 0. The SMILES string of the molecule is COc1cccc(C=CC(=O)c2ccc(NS(C)(=O)=O)cc2)c1. The maximum absolute atomic E-state index is 12.1. The van der Waals surface area contributed by atoms with E-state index >= 15 is 0 Å². The van der Waals surface area contributed by atoms with Crippen molar-refractivity contribution in [3.8, 4) is 5.75 Å². The van der Waals surface area contributed by atoms with Crippen LogP contribution in [0.4, 0.5) is 5.69 Å². The third kappa shape index (κ3) is 5.27. The monoisotopic (exact) mass is 331 g/mol. The predicted octanol–water partition coefficient (Wildman–Crippen LogP) is 2.96. The summed E-state index contributed by atoms with van der Waals surface area (Å²) in [6.45, 7) is 0. The lowest BCUT2D eigenvalue weighted by atomic mass is 10.1. The average molecular weight is 331 g/mol. The molecule has 2 aromatic rings. The van der Waals surface area contributed by atoms with Crippen LogP contribution in [0.3, 0.4) is 0 Å². The molecule has 0 spiro atoms. The molecule has 0 amide bonds. The summed E-state index contributed by atoms with van der Waals surface area (Å²) in [4.78, 5) is 12.1. The molecule has 0 aromatic heterocycles. The van der Waals surface area contributed by atoms with Gasteiger partial charge in [0.2, 0.25) is 10.0 Å². The fourth-order valence-electron chi connectivity index (χ4n) is 1.93. The van der Waals surface area contributed by atoms with Gasteiger partial charge in [0.05, 0.1) is 13.4 Å². The van der Waals surface area contributed by atoms with Gasteiger partial charge in [-0.2, -0.15) is 0 Å². The largest absolute Gasteiger partial charge is 0.497 e. The zero-order chi connectivity index (χ0) is 16.9. The van der Waals surface area contributed by atoms with Gasteiger partial charge in [0, 0.05) is 11.3 Å². The molecule has 120 valence electrons. The number of anilines is 1. The number of carbonyl (C=O) groups is 1. The van der Waals surface area contributed by atoms with Gasteiger partial charge in [-0.15, -0.1) is 0 Å². The van der Waals surface area contributed by atoms with Gasteiger partial charge >= 0.3 is 0 Å². The van der Waals surface area contributed by atoms with Crippen molar-refractivity contribution in [1.29, 1.82) is 0 Å². The van der Waals surface area contributed by atoms with Crippen LogP contribution in [0.1, 0.15) is 15.9 Å². The second-order valence-electron chi connectivity index (χ2n) is 4.93. The number of rotatable bonds is 6. The standard InChI is InChI=1S/C17H17NO4S/c1-22-16-5-3-4-13(12-16)6-11-17(19)14-7-9-15(10-8-14)18-23(2,20)21/h3-12,18H,1-2H3. The second kappa shape index (κ2) is 7.11. The molecule has 0 aliphatic heterocycles. The first-order valence-corrected chi connectivity index (χ1v) is 8.71. The summed E-state index contributed by atoms with van der Waals surface area (Å²) in [5.74, 6) is 0.550. The highest BCUT2D eigenvalue weighted by atomic mass is 32.2. The summed E-state index contributed by atoms with van der Waals surface area (Å²) in [5, 5.41) is 0. The van der Waals surface area contributed by atoms with E-state index in [-0.39, 0.29) is 5.78 Å². The molecular weight excluding hydrogens is 314 g/mol. The average Bonchev–Trinajstić information content (AvgIpc) is 2.52. The van der Waals surface area contributed by atoms with Crippen molar-refractivity contribution in [1.82, 2.24) is 0 Å². The van der Waals surface area contributed by atoms with E-state index in [9.17, 15) is 13.2 Å². The quantitative estimate of drug-likeness (QED) is 0.652. The molecule has 0 atom stereocenters. The summed E-state index contributed by atoms with van der Waals surface area (Å²) in [6.07, 6.45) is 4.24. The topological polar surface area (TPSA) is 72.5 Å².